The van der Waals surface area contributed by atoms with Crippen LogP contribution in [0.5, 0.6) is 0 Å². The number of fused-ring (bicyclic) bond motifs is 1. The van der Waals surface area contributed by atoms with E-state index in [0.29, 0.717) is 0 Å². The summed E-state index contributed by atoms with van der Waals surface area (Å²) in [5.74, 6) is 0. The number of hydrogen-bond acceptors (Lipinski definition) is 2. The van der Waals surface area contributed by atoms with Crippen LogP contribution in [0.2, 0.25) is 0 Å². The molecule has 3 heteroatoms. The van der Waals surface area contributed by atoms with Crippen LogP contribution in [0, 0.1) is 0 Å². The maximum atomic E-state index is 5.43. The van der Waals surface area contributed by atoms with Crippen LogP contribution in [0.3, 0.4) is 0 Å². The highest BCUT2D eigenvalue weighted by Gasteiger charge is 2.15. The van der Waals surface area contributed by atoms with Crippen LogP contribution < -0.4 is 5.32 Å². The van der Waals surface area contributed by atoms with Crippen LogP contribution in [0.4, 0.5) is 5.69 Å². The predicted octanol–water partition coefficient (Wildman–Crippen LogP) is 4.83. The van der Waals surface area contributed by atoms with Gasteiger partial charge in [0.1, 0.15) is 0 Å². The van der Waals surface area contributed by atoms with Gasteiger partial charge in [0.25, 0.3) is 0 Å². The number of nitrogens with one attached hydrogen (secondary N) is 1. The van der Waals surface area contributed by atoms with Crippen molar-refractivity contribution in [3.63, 3.8) is 0 Å². The molecule has 0 radical (unpaired) electrons. The van der Waals surface area contributed by atoms with Gasteiger partial charge in [-0.25, -0.2) is 0 Å². The van der Waals surface area contributed by atoms with E-state index in [0.717, 1.165) is 17.4 Å². The highest BCUT2D eigenvalue weighted by atomic mass is 79.9. The summed E-state index contributed by atoms with van der Waals surface area (Å²) in [6.45, 7) is 5.11. The molecule has 0 fully saturated rings. The second kappa shape index (κ2) is 5.93. The van der Waals surface area contributed by atoms with E-state index in [1.807, 2.05) is 0 Å². The second-order valence-corrected chi connectivity index (χ2v) is 6.14. The maximum absolute atomic E-state index is 5.43. The van der Waals surface area contributed by atoms with Gasteiger partial charge in [0.15, 0.2) is 0 Å². The normalized spacial score (nSPS) is 11.8. The standard InChI is InChI=1S/C16H20BrNO/c1-16(2,19-3)10-11-18-15-9-8-14(17)12-6-4-5-7-13(12)15/h4-9,18H,10-11H2,1-3H3. The van der Waals surface area contributed by atoms with Gasteiger partial charge >= 0.3 is 0 Å². The third-order valence-electron chi connectivity index (χ3n) is 3.47. The topological polar surface area (TPSA) is 21.3 Å². The minimum absolute atomic E-state index is 0.0852. The van der Waals surface area contributed by atoms with Crippen molar-refractivity contribution < 1.29 is 4.74 Å². The molecular weight excluding hydrogens is 302 g/mol. The molecule has 0 aliphatic rings. The van der Waals surface area contributed by atoms with Crippen molar-refractivity contribution in [2.24, 2.45) is 0 Å². The smallest absolute Gasteiger partial charge is 0.0639 e. The Balaban J connectivity index is 2.16. The first-order valence-corrected chi connectivity index (χ1v) is 7.29. The average Bonchev–Trinajstić information content (AvgIpc) is 2.42. The number of ether oxygens (including phenoxy) is 1. The largest absolute Gasteiger partial charge is 0.384 e. The van der Waals surface area contributed by atoms with Crippen LogP contribution in [-0.4, -0.2) is 19.3 Å². The molecule has 0 saturated carbocycles. The summed E-state index contributed by atoms with van der Waals surface area (Å²) in [6.07, 6.45) is 0.966. The van der Waals surface area contributed by atoms with Gasteiger partial charge in [0, 0.05) is 29.2 Å². The Bertz CT molecular complexity index is 566. The number of rotatable bonds is 5. The van der Waals surface area contributed by atoms with E-state index in [1.54, 1.807) is 7.11 Å². The molecular formula is C16H20BrNO. The van der Waals surface area contributed by atoms with Crippen molar-refractivity contribution in [2.45, 2.75) is 25.9 Å². The van der Waals surface area contributed by atoms with Crippen LogP contribution in [-0.2, 0) is 4.74 Å². The Morgan fingerprint density at radius 3 is 2.47 bits per heavy atom. The second-order valence-electron chi connectivity index (χ2n) is 5.28. The van der Waals surface area contributed by atoms with Gasteiger partial charge in [-0.05, 0) is 37.8 Å². The Morgan fingerprint density at radius 2 is 1.79 bits per heavy atom. The highest BCUT2D eigenvalue weighted by molar-refractivity contribution is 9.10. The van der Waals surface area contributed by atoms with Gasteiger partial charge in [0.05, 0.1) is 5.60 Å². The summed E-state index contributed by atoms with van der Waals surface area (Å²) in [4.78, 5) is 0. The molecule has 0 unspecified atom stereocenters. The predicted molar refractivity (Wildman–Crippen MR) is 85.8 cm³/mol. The van der Waals surface area contributed by atoms with Crippen LogP contribution >= 0.6 is 15.9 Å². The molecule has 2 aromatic carbocycles. The molecule has 2 rings (SSSR count). The van der Waals surface area contributed by atoms with Gasteiger partial charge in [-0.3, -0.25) is 0 Å². The fourth-order valence-electron chi connectivity index (χ4n) is 2.02. The quantitative estimate of drug-likeness (QED) is 0.851. The summed E-state index contributed by atoms with van der Waals surface area (Å²) >= 11 is 3.59. The van der Waals surface area contributed by atoms with Crippen LogP contribution in [0.25, 0.3) is 10.8 Å². The van der Waals surface area contributed by atoms with Crippen molar-refractivity contribution in [3.8, 4) is 0 Å². The minimum Gasteiger partial charge on any atom is -0.384 e. The summed E-state index contributed by atoms with van der Waals surface area (Å²) in [6, 6.07) is 12.6. The summed E-state index contributed by atoms with van der Waals surface area (Å²) in [5.41, 5.74) is 1.09. The van der Waals surface area contributed by atoms with E-state index in [2.05, 4.69) is 71.5 Å². The van der Waals surface area contributed by atoms with E-state index in [9.17, 15) is 0 Å². The van der Waals surface area contributed by atoms with E-state index < -0.39 is 0 Å². The summed E-state index contributed by atoms with van der Waals surface area (Å²) in [7, 11) is 1.76. The molecule has 102 valence electrons. The Labute approximate surface area is 123 Å². The molecule has 0 heterocycles. The van der Waals surface area contributed by atoms with Crippen molar-refractivity contribution in [1.82, 2.24) is 0 Å². The Morgan fingerprint density at radius 1 is 1.11 bits per heavy atom. The molecule has 0 aliphatic carbocycles. The Kier molecular flexibility index (Phi) is 4.48. The lowest BCUT2D eigenvalue weighted by atomic mass is 10.0. The number of methoxy groups -OCH3 is 1. The van der Waals surface area contributed by atoms with Crippen LogP contribution in [0.15, 0.2) is 40.9 Å². The number of halogens is 1. The van der Waals surface area contributed by atoms with Crippen molar-refractivity contribution in [2.75, 3.05) is 19.0 Å². The van der Waals surface area contributed by atoms with Crippen LogP contribution in [0.1, 0.15) is 20.3 Å². The van der Waals surface area contributed by atoms with Crippen molar-refractivity contribution in [3.05, 3.63) is 40.9 Å². The average molecular weight is 322 g/mol. The fraction of sp³-hybridized carbons (Fsp3) is 0.375. The minimum atomic E-state index is -0.0852. The molecule has 0 aromatic heterocycles. The molecule has 2 aromatic rings. The molecule has 0 saturated heterocycles. The van der Waals surface area contributed by atoms with Gasteiger partial charge in [0.2, 0.25) is 0 Å². The molecule has 0 spiro atoms. The molecule has 19 heavy (non-hydrogen) atoms. The maximum Gasteiger partial charge on any atom is 0.0639 e. The number of anilines is 1. The molecule has 0 bridgehead atoms. The van der Waals surface area contributed by atoms with Gasteiger partial charge in [-0.2, -0.15) is 0 Å². The Hall–Kier alpha value is -1.06. The zero-order valence-corrected chi connectivity index (χ0v) is 13.3. The lowest BCUT2D eigenvalue weighted by molar-refractivity contribution is 0.0185. The van der Waals surface area contributed by atoms with Crippen molar-refractivity contribution in [1.29, 1.82) is 0 Å². The number of benzene rings is 2. The lowest BCUT2D eigenvalue weighted by Gasteiger charge is -2.23. The zero-order valence-electron chi connectivity index (χ0n) is 11.7. The molecule has 0 aliphatic heterocycles. The van der Waals surface area contributed by atoms with E-state index in [4.69, 9.17) is 4.74 Å². The van der Waals surface area contributed by atoms with E-state index in [1.165, 1.54) is 16.5 Å². The lowest BCUT2D eigenvalue weighted by Crippen LogP contribution is -2.25. The SMILES string of the molecule is COC(C)(C)CCNc1ccc(Br)c2ccccc12. The van der Waals surface area contributed by atoms with Gasteiger partial charge in [-0.15, -0.1) is 0 Å². The molecule has 0 atom stereocenters. The van der Waals surface area contributed by atoms with E-state index >= 15 is 0 Å². The van der Waals surface area contributed by atoms with Crippen molar-refractivity contribution >= 4 is 32.4 Å². The summed E-state index contributed by atoms with van der Waals surface area (Å²) < 4.78 is 6.57. The van der Waals surface area contributed by atoms with Gasteiger partial charge in [-0.1, -0.05) is 40.2 Å². The van der Waals surface area contributed by atoms with Gasteiger partial charge < -0.3 is 10.1 Å². The zero-order chi connectivity index (χ0) is 13.9. The molecule has 1 N–H and O–H groups in total. The molecule has 2 nitrogen and oxygen atoms in total. The third kappa shape index (κ3) is 3.48. The third-order valence-corrected chi connectivity index (χ3v) is 4.16. The number of hydrogen-bond donors (Lipinski definition) is 1. The summed E-state index contributed by atoms with van der Waals surface area (Å²) in [5, 5.41) is 5.98. The first kappa shape index (κ1) is 14.4. The fourth-order valence-corrected chi connectivity index (χ4v) is 2.49. The molecule has 0 amide bonds. The monoisotopic (exact) mass is 321 g/mol. The van der Waals surface area contributed by atoms with E-state index in [-0.39, 0.29) is 5.60 Å². The first-order valence-electron chi connectivity index (χ1n) is 6.50. The first-order chi connectivity index (χ1) is 9.03. The highest BCUT2D eigenvalue weighted by Crippen LogP contribution is 2.30.